The standard InChI is InChI=1S/C14H16O2/c15-13-4-2-1-3-11(13)14(16)12-8-9-5-6-10(12)7-9/h1-4,9-10,12,15H,5-8H2/t9-,10+,12+/m0/s1. The molecule has 2 aliphatic carbocycles. The predicted molar refractivity (Wildman–Crippen MR) is 61.4 cm³/mol. The Balaban J connectivity index is 1.86. The van der Waals surface area contributed by atoms with Gasteiger partial charge in [0.1, 0.15) is 5.75 Å². The van der Waals surface area contributed by atoms with Gasteiger partial charge in [0.25, 0.3) is 0 Å². The molecule has 0 spiro atoms. The Morgan fingerprint density at radius 3 is 2.62 bits per heavy atom. The number of benzene rings is 1. The van der Waals surface area contributed by atoms with Crippen LogP contribution in [0.4, 0.5) is 0 Å². The molecule has 3 atom stereocenters. The molecule has 2 nitrogen and oxygen atoms in total. The minimum atomic E-state index is 0.135. The average Bonchev–Trinajstić information content (AvgIpc) is 2.90. The smallest absolute Gasteiger partial charge is 0.169 e. The van der Waals surface area contributed by atoms with Crippen LogP contribution >= 0.6 is 0 Å². The van der Waals surface area contributed by atoms with Crippen molar-refractivity contribution >= 4 is 5.78 Å². The number of carbonyl (C=O) groups is 1. The Hall–Kier alpha value is -1.31. The number of fused-ring (bicyclic) bond motifs is 2. The Morgan fingerprint density at radius 1 is 1.19 bits per heavy atom. The number of phenols is 1. The maximum atomic E-state index is 12.3. The first-order valence-electron chi connectivity index (χ1n) is 6.08. The fourth-order valence-electron chi connectivity index (χ4n) is 3.45. The molecule has 0 heterocycles. The molecular weight excluding hydrogens is 200 g/mol. The van der Waals surface area contributed by atoms with Crippen LogP contribution in [0, 0.1) is 17.8 Å². The van der Waals surface area contributed by atoms with Gasteiger partial charge in [0, 0.05) is 5.92 Å². The number of carbonyl (C=O) groups excluding carboxylic acids is 1. The zero-order valence-electron chi connectivity index (χ0n) is 9.23. The van der Waals surface area contributed by atoms with Crippen molar-refractivity contribution in [2.75, 3.05) is 0 Å². The van der Waals surface area contributed by atoms with Gasteiger partial charge >= 0.3 is 0 Å². The Kier molecular flexibility index (Phi) is 2.23. The lowest BCUT2D eigenvalue weighted by Crippen LogP contribution is -2.21. The second-order valence-corrected chi connectivity index (χ2v) is 5.16. The minimum Gasteiger partial charge on any atom is -0.507 e. The molecule has 2 bridgehead atoms. The number of para-hydroxylation sites is 1. The van der Waals surface area contributed by atoms with Gasteiger partial charge in [-0.2, -0.15) is 0 Å². The van der Waals surface area contributed by atoms with E-state index in [2.05, 4.69) is 0 Å². The molecule has 2 saturated carbocycles. The number of Topliss-reactive ketones (excluding diaryl/α,β-unsaturated/α-hetero) is 1. The van der Waals surface area contributed by atoms with Crippen molar-refractivity contribution < 1.29 is 9.90 Å². The molecule has 0 aromatic heterocycles. The van der Waals surface area contributed by atoms with Crippen LogP contribution in [-0.4, -0.2) is 10.9 Å². The van der Waals surface area contributed by atoms with Crippen LogP contribution in [0.3, 0.4) is 0 Å². The van der Waals surface area contributed by atoms with Crippen LogP contribution in [0.2, 0.25) is 0 Å². The largest absolute Gasteiger partial charge is 0.507 e. The van der Waals surface area contributed by atoms with Gasteiger partial charge in [-0.05, 0) is 43.2 Å². The molecule has 16 heavy (non-hydrogen) atoms. The second kappa shape index (κ2) is 3.62. The van der Waals surface area contributed by atoms with Crippen molar-refractivity contribution in [2.45, 2.75) is 25.7 Å². The molecular formula is C14H16O2. The normalized spacial score (nSPS) is 31.9. The van der Waals surface area contributed by atoms with Crippen molar-refractivity contribution in [2.24, 2.45) is 17.8 Å². The minimum absolute atomic E-state index is 0.135. The lowest BCUT2D eigenvalue weighted by Gasteiger charge is -2.20. The van der Waals surface area contributed by atoms with Gasteiger partial charge in [-0.3, -0.25) is 4.79 Å². The first-order chi connectivity index (χ1) is 7.75. The molecule has 1 aromatic rings. The van der Waals surface area contributed by atoms with Gasteiger partial charge in [-0.25, -0.2) is 0 Å². The van der Waals surface area contributed by atoms with E-state index in [0.717, 1.165) is 12.3 Å². The highest BCUT2D eigenvalue weighted by Crippen LogP contribution is 2.49. The third-order valence-corrected chi connectivity index (χ3v) is 4.24. The Labute approximate surface area is 95.3 Å². The predicted octanol–water partition coefficient (Wildman–Crippen LogP) is 3.01. The summed E-state index contributed by atoms with van der Waals surface area (Å²) in [5.41, 5.74) is 0.514. The van der Waals surface area contributed by atoms with Gasteiger partial charge in [0.05, 0.1) is 5.56 Å². The zero-order chi connectivity index (χ0) is 11.1. The number of rotatable bonds is 2. The molecule has 3 rings (SSSR count). The monoisotopic (exact) mass is 216 g/mol. The van der Waals surface area contributed by atoms with Crippen molar-refractivity contribution in [1.29, 1.82) is 0 Å². The lowest BCUT2D eigenvalue weighted by molar-refractivity contribution is 0.0872. The summed E-state index contributed by atoms with van der Waals surface area (Å²) >= 11 is 0. The van der Waals surface area contributed by atoms with Crippen LogP contribution in [0.1, 0.15) is 36.0 Å². The van der Waals surface area contributed by atoms with E-state index >= 15 is 0 Å². The van der Waals surface area contributed by atoms with E-state index in [4.69, 9.17) is 0 Å². The molecule has 1 aromatic carbocycles. The molecule has 0 unspecified atom stereocenters. The fraction of sp³-hybridized carbons (Fsp3) is 0.500. The van der Waals surface area contributed by atoms with Crippen molar-refractivity contribution in [3.63, 3.8) is 0 Å². The van der Waals surface area contributed by atoms with Crippen LogP contribution in [0.5, 0.6) is 5.75 Å². The van der Waals surface area contributed by atoms with E-state index in [1.807, 2.05) is 6.07 Å². The maximum Gasteiger partial charge on any atom is 0.169 e. The molecule has 0 amide bonds. The van der Waals surface area contributed by atoms with Crippen LogP contribution in [0.15, 0.2) is 24.3 Å². The third kappa shape index (κ3) is 1.44. The van der Waals surface area contributed by atoms with E-state index < -0.39 is 0 Å². The zero-order valence-corrected chi connectivity index (χ0v) is 9.23. The lowest BCUT2D eigenvalue weighted by atomic mass is 9.83. The van der Waals surface area contributed by atoms with E-state index in [9.17, 15) is 9.90 Å². The number of hydrogen-bond acceptors (Lipinski definition) is 2. The fourth-order valence-corrected chi connectivity index (χ4v) is 3.45. The maximum absolute atomic E-state index is 12.3. The molecule has 2 heteroatoms. The number of ketones is 1. The number of phenolic OH excluding ortho intramolecular Hbond substituents is 1. The van der Waals surface area contributed by atoms with Crippen molar-refractivity contribution in [1.82, 2.24) is 0 Å². The second-order valence-electron chi connectivity index (χ2n) is 5.16. The highest BCUT2D eigenvalue weighted by molar-refractivity contribution is 6.00. The van der Waals surface area contributed by atoms with Gasteiger partial charge in [0.2, 0.25) is 0 Å². The Morgan fingerprint density at radius 2 is 2.00 bits per heavy atom. The van der Waals surface area contributed by atoms with E-state index in [1.165, 1.54) is 19.3 Å². The highest BCUT2D eigenvalue weighted by atomic mass is 16.3. The highest BCUT2D eigenvalue weighted by Gasteiger charge is 2.43. The summed E-state index contributed by atoms with van der Waals surface area (Å²) in [6.07, 6.45) is 4.77. The van der Waals surface area contributed by atoms with Crippen LogP contribution in [0.25, 0.3) is 0 Å². The molecule has 0 radical (unpaired) electrons. The van der Waals surface area contributed by atoms with E-state index in [-0.39, 0.29) is 17.5 Å². The first kappa shape index (κ1) is 9.88. The number of aromatic hydroxyl groups is 1. The summed E-state index contributed by atoms with van der Waals surface area (Å²) < 4.78 is 0. The molecule has 84 valence electrons. The topological polar surface area (TPSA) is 37.3 Å². The third-order valence-electron chi connectivity index (χ3n) is 4.24. The summed E-state index contributed by atoms with van der Waals surface area (Å²) in [6, 6.07) is 6.91. The summed E-state index contributed by atoms with van der Waals surface area (Å²) in [5, 5.41) is 9.69. The molecule has 0 saturated heterocycles. The quantitative estimate of drug-likeness (QED) is 0.771. The van der Waals surface area contributed by atoms with Crippen LogP contribution < -0.4 is 0 Å². The molecule has 2 aliphatic rings. The van der Waals surface area contributed by atoms with Crippen LogP contribution in [-0.2, 0) is 0 Å². The van der Waals surface area contributed by atoms with Gasteiger partial charge in [-0.15, -0.1) is 0 Å². The summed E-state index contributed by atoms with van der Waals surface area (Å²) in [6.45, 7) is 0. The van der Waals surface area contributed by atoms with E-state index in [1.54, 1.807) is 18.2 Å². The molecule has 0 aliphatic heterocycles. The first-order valence-corrected chi connectivity index (χ1v) is 6.08. The van der Waals surface area contributed by atoms with Gasteiger partial charge in [0.15, 0.2) is 5.78 Å². The van der Waals surface area contributed by atoms with E-state index in [0.29, 0.717) is 11.5 Å². The summed E-state index contributed by atoms with van der Waals surface area (Å²) in [7, 11) is 0. The summed E-state index contributed by atoms with van der Waals surface area (Å²) in [5.74, 6) is 1.81. The number of hydrogen-bond donors (Lipinski definition) is 1. The van der Waals surface area contributed by atoms with Gasteiger partial charge in [-0.1, -0.05) is 18.6 Å². The summed E-state index contributed by atoms with van der Waals surface area (Å²) in [4.78, 5) is 12.3. The van der Waals surface area contributed by atoms with Crippen molar-refractivity contribution in [3.05, 3.63) is 29.8 Å². The van der Waals surface area contributed by atoms with Crippen molar-refractivity contribution in [3.8, 4) is 5.75 Å². The molecule has 1 N–H and O–H groups in total. The Bertz CT molecular complexity index is 424. The average molecular weight is 216 g/mol. The SMILES string of the molecule is O=C(c1ccccc1O)[C@@H]1C[C@H]2CC[C@@H]1C2. The van der Waals surface area contributed by atoms with Gasteiger partial charge < -0.3 is 5.11 Å². The molecule has 2 fully saturated rings.